The molecule has 3 rings (SSSR count). The van der Waals surface area contributed by atoms with Crippen LogP contribution in [0.2, 0.25) is 0 Å². The molecule has 0 spiro atoms. The van der Waals surface area contributed by atoms with Crippen molar-refractivity contribution < 1.29 is 9.18 Å². The quantitative estimate of drug-likeness (QED) is 0.650. The van der Waals surface area contributed by atoms with Gasteiger partial charge in [-0.3, -0.25) is 4.79 Å². The van der Waals surface area contributed by atoms with Crippen molar-refractivity contribution in [2.24, 2.45) is 0 Å². The van der Waals surface area contributed by atoms with Crippen molar-refractivity contribution in [3.8, 4) is 0 Å². The zero-order chi connectivity index (χ0) is 18.7. The minimum atomic E-state index is -0.296. The lowest BCUT2D eigenvalue weighted by Crippen LogP contribution is -2.36. The third kappa shape index (κ3) is 4.31. The Bertz CT molecular complexity index is 922. The van der Waals surface area contributed by atoms with E-state index in [0.717, 1.165) is 15.4 Å². The Morgan fingerprint density at radius 2 is 1.88 bits per heavy atom. The molecule has 3 aromatic rings. The molecule has 0 bridgehead atoms. The Hall–Kier alpha value is -2.18. The summed E-state index contributed by atoms with van der Waals surface area (Å²) in [6.45, 7) is 1.45. The first-order chi connectivity index (χ1) is 12.4. The predicted octanol–water partition coefficient (Wildman–Crippen LogP) is 4.27. The lowest BCUT2D eigenvalue weighted by atomic mass is 10.2. The van der Waals surface area contributed by atoms with E-state index in [4.69, 9.17) is 0 Å². The van der Waals surface area contributed by atoms with Crippen LogP contribution in [0.1, 0.15) is 16.1 Å². The molecule has 0 saturated heterocycles. The highest BCUT2D eigenvalue weighted by Gasteiger charge is 2.19. The first-order valence-corrected chi connectivity index (χ1v) is 9.19. The molecule has 4 nitrogen and oxygen atoms in total. The van der Waals surface area contributed by atoms with Crippen molar-refractivity contribution in [3.63, 3.8) is 0 Å². The number of hydrogen-bond donors (Lipinski definition) is 1. The minimum Gasteiger partial charge on any atom is -0.350 e. The fourth-order valence-electron chi connectivity index (χ4n) is 2.79. The molecule has 0 aliphatic carbocycles. The lowest BCUT2D eigenvalue weighted by Gasteiger charge is -2.24. The van der Waals surface area contributed by atoms with E-state index in [1.165, 1.54) is 6.07 Å². The summed E-state index contributed by atoms with van der Waals surface area (Å²) in [5.41, 5.74) is 1.91. The van der Waals surface area contributed by atoms with Crippen LogP contribution in [0.5, 0.6) is 0 Å². The number of nitrogens with zero attached hydrogens (tertiary/aromatic N) is 2. The Morgan fingerprint density at radius 1 is 1.12 bits per heavy atom. The van der Waals surface area contributed by atoms with Crippen LogP contribution in [0.25, 0.3) is 10.9 Å². The van der Waals surface area contributed by atoms with Gasteiger partial charge in [0.15, 0.2) is 0 Å². The van der Waals surface area contributed by atoms with Gasteiger partial charge in [-0.25, -0.2) is 4.39 Å². The van der Waals surface area contributed by atoms with Crippen LogP contribution in [0.15, 0.2) is 53.0 Å². The zero-order valence-electron chi connectivity index (χ0n) is 14.8. The molecule has 0 aliphatic rings. The van der Waals surface area contributed by atoms with Gasteiger partial charge >= 0.3 is 0 Å². The van der Waals surface area contributed by atoms with Crippen LogP contribution < -0.4 is 0 Å². The second-order valence-electron chi connectivity index (χ2n) is 6.54. The molecule has 1 aromatic heterocycles. The van der Waals surface area contributed by atoms with Crippen molar-refractivity contribution in [3.05, 3.63) is 70.1 Å². The molecule has 0 saturated carbocycles. The number of aromatic nitrogens is 1. The van der Waals surface area contributed by atoms with Crippen molar-refractivity contribution >= 4 is 32.7 Å². The largest absolute Gasteiger partial charge is 0.350 e. The molecule has 2 aromatic carbocycles. The van der Waals surface area contributed by atoms with Gasteiger partial charge in [0, 0.05) is 40.6 Å². The maximum Gasteiger partial charge on any atom is 0.270 e. The fourth-order valence-corrected chi connectivity index (χ4v) is 3.15. The highest BCUT2D eigenvalue weighted by Crippen LogP contribution is 2.22. The molecular weight excluding hydrogens is 397 g/mol. The van der Waals surface area contributed by atoms with Crippen LogP contribution in [0.3, 0.4) is 0 Å². The van der Waals surface area contributed by atoms with Gasteiger partial charge < -0.3 is 14.8 Å². The van der Waals surface area contributed by atoms with Gasteiger partial charge in [-0.2, -0.15) is 0 Å². The van der Waals surface area contributed by atoms with E-state index in [1.807, 2.05) is 43.3 Å². The van der Waals surface area contributed by atoms with Gasteiger partial charge in [0.05, 0.1) is 0 Å². The molecule has 26 heavy (non-hydrogen) atoms. The van der Waals surface area contributed by atoms with E-state index in [2.05, 4.69) is 20.9 Å². The molecule has 0 fully saturated rings. The molecule has 136 valence electrons. The van der Waals surface area contributed by atoms with Crippen LogP contribution in [-0.2, 0) is 6.54 Å². The van der Waals surface area contributed by atoms with Crippen LogP contribution in [0.4, 0.5) is 4.39 Å². The van der Waals surface area contributed by atoms with Gasteiger partial charge in [-0.05, 0) is 38.4 Å². The van der Waals surface area contributed by atoms with Crippen LogP contribution in [-0.4, -0.2) is 47.9 Å². The molecule has 1 N–H and O–H groups in total. The summed E-state index contributed by atoms with van der Waals surface area (Å²) in [7, 11) is 3.90. The highest BCUT2D eigenvalue weighted by atomic mass is 79.9. The Balaban J connectivity index is 1.88. The number of aromatic amines is 1. The van der Waals surface area contributed by atoms with Gasteiger partial charge in [0.1, 0.15) is 11.5 Å². The Labute approximate surface area is 160 Å². The summed E-state index contributed by atoms with van der Waals surface area (Å²) in [6.07, 6.45) is 0. The first-order valence-electron chi connectivity index (χ1n) is 8.40. The number of carbonyl (C=O) groups is 1. The standard InChI is InChI=1S/C20H21BrFN3O/c1-24(2)9-10-25(13-15-5-3-4-6-17(15)22)20(26)19-11-14-7-8-16(21)12-18(14)23-19/h3-8,11-12,23H,9-10,13H2,1-2H3. The molecule has 0 atom stereocenters. The van der Waals surface area contributed by atoms with E-state index in [9.17, 15) is 9.18 Å². The molecule has 1 heterocycles. The number of benzene rings is 2. The van der Waals surface area contributed by atoms with Crippen molar-refractivity contribution in [2.75, 3.05) is 27.2 Å². The predicted molar refractivity (Wildman–Crippen MR) is 106 cm³/mol. The van der Waals surface area contributed by atoms with Gasteiger partial charge in [0.2, 0.25) is 0 Å². The van der Waals surface area contributed by atoms with Crippen LogP contribution in [0, 0.1) is 5.82 Å². The normalized spacial score (nSPS) is 11.3. The number of halogens is 2. The monoisotopic (exact) mass is 417 g/mol. The van der Waals surface area contributed by atoms with Gasteiger partial charge in [-0.15, -0.1) is 0 Å². The number of nitrogens with one attached hydrogen (secondary N) is 1. The highest BCUT2D eigenvalue weighted by molar-refractivity contribution is 9.10. The zero-order valence-corrected chi connectivity index (χ0v) is 16.4. The second-order valence-corrected chi connectivity index (χ2v) is 7.45. The van der Waals surface area contributed by atoms with E-state index < -0.39 is 0 Å². The lowest BCUT2D eigenvalue weighted by molar-refractivity contribution is 0.0725. The maximum atomic E-state index is 14.1. The summed E-state index contributed by atoms with van der Waals surface area (Å²) in [4.78, 5) is 19.9. The maximum absolute atomic E-state index is 14.1. The Kier molecular flexibility index (Phi) is 5.74. The fraction of sp³-hybridized carbons (Fsp3) is 0.250. The van der Waals surface area contributed by atoms with Crippen molar-refractivity contribution in [2.45, 2.75) is 6.54 Å². The Morgan fingerprint density at radius 3 is 2.62 bits per heavy atom. The summed E-state index contributed by atoms with van der Waals surface area (Å²) < 4.78 is 15.0. The van der Waals surface area contributed by atoms with Crippen LogP contribution >= 0.6 is 15.9 Å². The number of carbonyl (C=O) groups excluding carboxylic acids is 1. The smallest absolute Gasteiger partial charge is 0.270 e. The number of hydrogen-bond acceptors (Lipinski definition) is 2. The molecule has 0 aliphatic heterocycles. The second kappa shape index (κ2) is 8.01. The van der Waals surface area contributed by atoms with Gasteiger partial charge in [0.25, 0.3) is 5.91 Å². The minimum absolute atomic E-state index is 0.137. The summed E-state index contributed by atoms with van der Waals surface area (Å²) in [6, 6.07) is 14.2. The molecular formula is C20H21BrFN3O. The molecule has 0 radical (unpaired) electrons. The number of fused-ring (bicyclic) bond motifs is 1. The van der Waals surface area contributed by atoms with Crippen molar-refractivity contribution in [1.29, 1.82) is 0 Å². The summed E-state index contributed by atoms with van der Waals surface area (Å²) in [5, 5.41) is 0.968. The number of likely N-dealkylation sites (N-methyl/N-ethyl adjacent to an activating group) is 1. The third-order valence-corrected chi connectivity index (χ3v) is 4.73. The van der Waals surface area contributed by atoms with E-state index >= 15 is 0 Å². The summed E-state index contributed by atoms with van der Waals surface area (Å²) in [5.74, 6) is -0.432. The number of amides is 1. The average molecular weight is 418 g/mol. The SMILES string of the molecule is CN(C)CCN(Cc1ccccc1F)C(=O)c1cc2ccc(Br)cc2[nH]1. The van der Waals surface area contributed by atoms with E-state index in [-0.39, 0.29) is 18.3 Å². The van der Waals surface area contributed by atoms with E-state index in [1.54, 1.807) is 23.1 Å². The van der Waals surface area contributed by atoms with Crippen molar-refractivity contribution in [1.82, 2.24) is 14.8 Å². The third-order valence-electron chi connectivity index (χ3n) is 4.24. The molecule has 1 amide bonds. The average Bonchev–Trinajstić information content (AvgIpc) is 3.02. The van der Waals surface area contributed by atoms with Gasteiger partial charge in [-0.1, -0.05) is 40.2 Å². The topological polar surface area (TPSA) is 39.3 Å². The number of H-pyrrole nitrogens is 1. The summed E-state index contributed by atoms with van der Waals surface area (Å²) >= 11 is 3.44. The van der Waals surface area contributed by atoms with E-state index in [0.29, 0.717) is 24.3 Å². The molecule has 6 heteroatoms. The molecule has 0 unspecified atom stereocenters. The number of rotatable bonds is 6. The first kappa shape index (κ1) is 18.6.